The zero-order chi connectivity index (χ0) is 27.0. The highest BCUT2D eigenvalue weighted by Gasteiger charge is 2.53. The molecule has 5 aromatic carbocycles. The minimum atomic E-state index is -0.467. The van der Waals surface area contributed by atoms with E-state index >= 15 is 0 Å². The van der Waals surface area contributed by atoms with Gasteiger partial charge in [-0.3, -0.25) is 9.97 Å². The smallest absolute Gasteiger partial charge is 0.0732 e. The van der Waals surface area contributed by atoms with E-state index in [1.807, 2.05) is 36.9 Å². The van der Waals surface area contributed by atoms with Gasteiger partial charge in [-0.15, -0.1) is 0 Å². The first-order valence-electron chi connectivity index (χ1n) is 14.1. The second-order valence-corrected chi connectivity index (χ2v) is 10.9. The molecule has 0 bridgehead atoms. The molecule has 0 amide bonds. The summed E-state index contributed by atoms with van der Waals surface area (Å²) in [4.78, 5) is 9.11. The minimum absolute atomic E-state index is 0.467. The molecule has 2 heterocycles. The number of hydrogen-bond acceptors (Lipinski definition) is 2. The van der Waals surface area contributed by atoms with Gasteiger partial charge in [-0.05, 0) is 78.5 Å². The highest BCUT2D eigenvalue weighted by atomic mass is 14.6. The van der Waals surface area contributed by atoms with Crippen molar-refractivity contribution in [2.45, 2.75) is 5.41 Å². The molecule has 2 nitrogen and oxygen atoms in total. The molecule has 190 valence electrons. The van der Waals surface area contributed by atoms with Gasteiger partial charge in [0.2, 0.25) is 0 Å². The quantitative estimate of drug-likeness (QED) is 0.227. The van der Waals surface area contributed by atoms with E-state index in [0.29, 0.717) is 0 Å². The summed E-state index contributed by atoms with van der Waals surface area (Å²) in [6, 6.07) is 44.5. The Morgan fingerprint density at radius 3 is 1.85 bits per heavy atom. The van der Waals surface area contributed by atoms with Gasteiger partial charge in [-0.2, -0.15) is 0 Å². The Labute approximate surface area is 238 Å². The lowest BCUT2D eigenvalue weighted by molar-refractivity contribution is 0.796. The van der Waals surface area contributed by atoms with Gasteiger partial charge in [0, 0.05) is 35.9 Å². The Morgan fingerprint density at radius 1 is 0.415 bits per heavy atom. The molecule has 0 aliphatic heterocycles. The summed E-state index contributed by atoms with van der Waals surface area (Å²) in [5.74, 6) is 0. The summed E-state index contributed by atoms with van der Waals surface area (Å²) in [7, 11) is 0. The fraction of sp³-hybridized carbons (Fsp3) is 0.0256. The fourth-order valence-corrected chi connectivity index (χ4v) is 7.58. The first-order chi connectivity index (χ1) is 20.4. The molecular weight excluding hydrogens is 496 g/mol. The molecule has 2 heteroatoms. The van der Waals surface area contributed by atoms with Crippen molar-refractivity contribution in [1.29, 1.82) is 0 Å². The van der Waals surface area contributed by atoms with Crippen molar-refractivity contribution in [2.75, 3.05) is 0 Å². The Bertz CT molecular complexity index is 2150. The molecule has 0 N–H and O–H groups in total. The van der Waals surface area contributed by atoms with E-state index in [-0.39, 0.29) is 0 Å². The first kappa shape index (κ1) is 22.5. The molecule has 1 spiro atoms. The maximum Gasteiger partial charge on any atom is 0.0732 e. The molecule has 1 unspecified atom stereocenters. The third kappa shape index (κ3) is 2.86. The van der Waals surface area contributed by atoms with E-state index in [4.69, 9.17) is 0 Å². The molecule has 41 heavy (non-hydrogen) atoms. The molecule has 0 radical (unpaired) electrons. The van der Waals surface area contributed by atoms with E-state index in [0.717, 1.165) is 11.1 Å². The number of pyridine rings is 2. The first-order valence-corrected chi connectivity index (χ1v) is 14.1. The SMILES string of the molecule is c1cncc(-c2ccc3c(c2-c2cccnc2)C2(c4ccccc4-3)c3ccccc3-c3c2ccc2ccccc32)c1. The molecule has 9 rings (SSSR count). The van der Waals surface area contributed by atoms with E-state index in [2.05, 4.69) is 119 Å². The summed E-state index contributed by atoms with van der Waals surface area (Å²) in [6.07, 6.45) is 7.68. The van der Waals surface area contributed by atoms with Gasteiger partial charge in [0.05, 0.1) is 5.41 Å². The molecule has 1 atom stereocenters. The molecule has 0 fully saturated rings. The number of fused-ring (bicyclic) bond motifs is 12. The van der Waals surface area contributed by atoms with Crippen LogP contribution in [0.3, 0.4) is 0 Å². The third-order valence-corrected chi connectivity index (χ3v) is 9.06. The summed E-state index contributed by atoms with van der Waals surface area (Å²) in [5.41, 5.74) is 14.7. The van der Waals surface area contributed by atoms with E-state index in [1.54, 1.807) is 0 Å². The van der Waals surface area contributed by atoms with Crippen LogP contribution in [0, 0.1) is 0 Å². The van der Waals surface area contributed by atoms with Gasteiger partial charge in [-0.1, -0.05) is 109 Å². The summed E-state index contributed by atoms with van der Waals surface area (Å²) in [5, 5.41) is 2.56. The van der Waals surface area contributed by atoms with Crippen molar-refractivity contribution in [3.05, 3.63) is 168 Å². The van der Waals surface area contributed by atoms with Crippen LogP contribution in [0.15, 0.2) is 146 Å². The number of rotatable bonds is 2. The molecule has 2 aliphatic carbocycles. The summed E-state index contributed by atoms with van der Waals surface area (Å²) in [6.45, 7) is 0. The van der Waals surface area contributed by atoms with Crippen LogP contribution in [0.1, 0.15) is 22.3 Å². The zero-order valence-electron chi connectivity index (χ0n) is 22.3. The van der Waals surface area contributed by atoms with Gasteiger partial charge < -0.3 is 0 Å². The van der Waals surface area contributed by atoms with E-state index < -0.39 is 5.41 Å². The van der Waals surface area contributed by atoms with Crippen molar-refractivity contribution in [2.24, 2.45) is 0 Å². The number of nitrogens with zero attached hydrogens (tertiary/aromatic N) is 2. The van der Waals surface area contributed by atoms with Crippen molar-refractivity contribution >= 4 is 10.8 Å². The fourth-order valence-electron chi connectivity index (χ4n) is 7.58. The number of benzene rings is 5. The van der Waals surface area contributed by atoms with Gasteiger partial charge in [-0.25, -0.2) is 0 Å². The van der Waals surface area contributed by atoms with Crippen molar-refractivity contribution in [3.8, 4) is 44.5 Å². The average molecular weight is 521 g/mol. The molecule has 7 aromatic rings. The third-order valence-electron chi connectivity index (χ3n) is 9.06. The monoisotopic (exact) mass is 520 g/mol. The van der Waals surface area contributed by atoms with Crippen LogP contribution in [0.2, 0.25) is 0 Å². The minimum Gasteiger partial charge on any atom is -0.264 e. The van der Waals surface area contributed by atoms with Crippen molar-refractivity contribution < 1.29 is 0 Å². The van der Waals surface area contributed by atoms with Crippen LogP contribution >= 0.6 is 0 Å². The highest BCUT2D eigenvalue weighted by Crippen LogP contribution is 2.66. The molecule has 2 aliphatic rings. The molecule has 0 saturated carbocycles. The second kappa shape index (κ2) is 8.33. The largest absolute Gasteiger partial charge is 0.264 e. The lowest BCUT2D eigenvalue weighted by atomic mass is 9.68. The Kier molecular flexibility index (Phi) is 4.57. The average Bonchev–Trinajstić information content (AvgIpc) is 3.53. The van der Waals surface area contributed by atoms with E-state index in [9.17, 15) is 0 Å². The van der Waals surface area contributed by atoms with Crippen LogP contribution in [0.5, 0.6) is 0 Å². The van der Waals surface area contributed by atoms with Crippen LogP contribution < -0.4 is 0 Å². The predicted molar refractivity (Wildman–Crippen MR) is 167 cm³/mol. The predicted octanol–water partition coefficient (Wildman–Crippen LogP) is 9.31. The highest BCUT2D eigenvalue weighted by molar-refractivity contribution is 6.08. The normalized spacial score (nSPS) is 15.9. The van der Waals surface area contributed by atoms with Crippen LogP contribution in [-0.2, 0) is 5.41 Å². The number of hydrogen-bond donors (Lipinski definition) is 0. The van der Waals surface area contributed by atoms with Gasteiger partial charge in [0.15, 0.2) is 0 Å². The standard InChI is InChI=1S/C39H24N2/c1-2-12-28-25(9-1)17-20-35-37(28)32-14-4-6-16-34(32)39(35)33-15-5-3-13-30(33)31-19-18-29(26-10-7-21-40-23-26)36(38(31)39)27-11-8-22-41-24-27/h1-24H. The van der Waals surface area contributed by atoms with E-state index in [1.165, 1.54) is 66.4 Å². The summed E-state index contributed by atoms with van der Waals surface area (Å²) >= 11 is 0. The molecule has 0 saturated heterocycles. The summed E-state index contributed by atoms with van der Waals surface area (Å²) < 4.78 is 0. The molecular formula is C39H24N2. The lowest BCUT2D eigenvalue weighted by Crippen LogP contribution is -2.27. The topological polar surface area (TPSA) is 25.8 Å². The Morgan fingerprint density at radius 2 is 1.07 bits per heavy atom. The molecule has 2 aromatic heterocycles. The maximum atomic E-state index is 4.60. The van der Waals surface area contributed by atoms with Crippen LogP contribution in [-0.4, -0.2) is 9.97 Å². The Hall–Kier alpha value is -5.34. The van der Waals surface area contributed by atoms with Gasteiger partial charge in [0.1, 0.15) is 0 Å². The number of aromatic nitrogens is 2. The van der Waals surface area contributed by atoms with Crippen LogP contribution in [0.25, 0.3) is 55.3 Å². The second-order valence-electron chi connectivity index (χ2n) is 10.9. The lowest BCUT2D eigenvalue weighted by Gasteiger charge is -2.33. The van der Waals surface area contributed by atoms with Gasteiger partial charge >= 0.3 is 0 Å². The van der Waals surface area contributed by atoms with Crippen LogP contribution in [0.4, 0.5) is 0 Å². The van der Waals surface area contributed by atoms with Gasteiger partial charge in [0.25, 0.3) is 0 Å². The Balaban J connectivity index is 1.53. The zero-order valence-corrected chi connectivity index (χ0v) is 22.3. The van der Waals surface area contributed by atoms with Crippen molar-refractivity contribution in [1.82, 2.24) is 9.97 Å². The maximum absolute atomic E-state index is 4.60. The van der Waals surface area contributed by atoms with Crippen molar-refractivity contribution in [3.63, 3.8) is 0 Å².